The standard InChI is InChI=1S/C41H60N4O7S/c1-27(2)21-34(40(49)44-33(22-29-13-7-5-8-14-29)36(46)24-39(48)42-25-28(3)4)45-41(50)35(23-30-15-9-6-10-16-30)43-38(47)20-19-31-26-53(51,52)37-18-12-11-17-32(31)37/h6,9-12,15-18,27-29,31,33-36,46H,5,7-8,13-14,19-26H2,1-4H3,(H,42,48)(H,43,47)(H,44,49)(H,45,50)/t31?,33-,34-,35-,36-/m0/s1. The van der Waals surface area contributed by atoms with E-state index in [1.807, 2.05) is 58.0 Å². The number of carbonyl (C=O) groups is 4. The van der Waals surface area contributed by atoms with Gasteiger partial charge >= 0.3 is 0 Å². The summed E-state index contributed by atoms with van der Waals surface area (Å²) < 4.78 is 25.4. The number of sulfone groups is 1. The lowest BCUT2D eigenvalue weighted by Crippen LogP contribution is -2.57. The largest absolute Gasteiger partial charge is 0.390 e. The minimum Gasteiger partial charge on any atom is -0.390 e. The van der Waals surface area contributed by atoms with Crippen LogP contribution in [0.5, 0.6) is 0 Å². The van der Waals surface area contributed by atoms with Crippen LogP contribution in [0.4, 0.5) is 0 Å². The van der Waals surface area contributed by atoms with Crippen molar-refractivity contribution in [3.63, 3.8) is 0 Å². The Hall–Kier alpha value is -3.77. The Kier molecular flexibility index (Phi) is 15.9. The van der Waals surface area contributed by atoms with Gasteiger partial charge in [0.1, 0.15) is 12.1 Å². The number of hydrogen-bond acceptors (Lipinski definition) is 7. The maximum absolute atomic E-state index is 14.0. The molecule has 5 N–H and O–H groups in total. The Morgan fingerprint density at radius 1 is 0.792 bits per heavy atom. The first-order valence-corrected chi connectivity index (χ1v) is 21.1. The van der Waals surface area contributed by atoms with Crippen molar-refractivity contribution in [3.05, 3.63) is 65.7 Å². The van der Waals surface area contributed by atoms with E-state index in [1.165, 1.54) is 0 Å². The fraction of sp³-hybridized carbons (Fsp3) is 0.610. The highest BCUT2D eigenvalue weighted by Crippen LogP contribution is 2.37. The fourth-order valence-electron chi connectivity index (χ4n) is 7.49. The molecule has 12 heteroatoms. The van der Waals surface area contributed by atoms with Gasteiger partial charge in [-0.15, -0.1) is 0 Å². The lowest BCUT2D eigenvalue weighted by molar-refractivity contribution is -0.133. The number of fused-ring (bicyclic) bond motifs is 1. The van der Waals surface area contributed by atoms with Gasteiger partial charge in [0.2, 0.25) is 23.6 Å². The van der Waals surface area contributed by atoms with Crippen LogP contribution in [0.1, 0.15) is 109 Å². The van der Waals surface area contributed by atoms with Crippen LogP contribution < -0.4 is 21.3 Å². The molecule has 0 bridgehead atoms. The minimum absolute atomic E-state index is 0.0223. The third-order valence-corrected chi connectivity index (χ3v) is 12.2. The average molecular weight is 753 g/mol. The van der Waals surface area contributed by atoms with Crippen molar-refractivity contribution in [2.24, 2.45) is 17.8 Å². The predicted molar refractivity (Wildman–Crippen MR) is 206 cm³/mol. The average Bonchev–Trinajstić information content (AvgIpc) is 3.38. The second kappa shape index (κ2) is 20.1. The predicted octanol–water partition coefficient (Wildman–Crippen LogP) is 4.57. The van der Waals surface area contributed by atoms with E-state index >= 15 is 0 Å². The Balaban J connectivity index is 1.46. The van der Waals surface area contributed by atoms with Crippen molar-refractivity contribution >= 4 is 33.5 Å². The molecule has 4 amide bonds. The summed E-state index contributed by atoms with van der Waals surface area (Å²) in [5.41, 5.74) is 1.53. The molecule has 2 aromatic rings. The molecule has 11 nitrogen and oxygen atoms in total. The number of benzene rings is 2. The van der Waals surface area contributed by atoms with Gasteiger partial charge in [0, 0.05) is 19.4 Å². The highest BCUT2D eigenvalue weighted by Gasteiger charge is 2.35. The number of aliphatic hydroxyl groups is 1. The minimum atomic E-state index is -3.42. The highest BCUT2D eigenvalue weighted by atomic mass is 32.2. The zero-order valence-corrected chi connectivity index (χ0v) is 32.6. The quantitative estimate of drug-likeness (QED) is 0.140. The number of amides is 4. The zero-order valence-electron chi connectivity index (χ0n) is 31.8. The molecule has 292 valence electrons. The third-order valence-electron chi connectivity index (χ3n) is 10.3. The molecule has 1 fully saturated rings. The first-order valence-electron chi connectivity index (χ1n) is 19.4. The van der Waals surface area contributed by atoms with E-state index in [0.29, 0.717) is 42.2 Å². The molecule has 2 aliphatic rings. The van der Waals surface area contributed by atoms with Crippen LogP contribution in [0.2, 0.25) is 0 Å². The molecule has 4 rings (SSSR count). The first kappa shape index (κ1) is 42.0. The van der Waals surface area contributed by atoms with Gasteiger partial charge in [0.25, 0.3) is 0 Å². The summed E-state index contributed by atoms with van der Waals surface area (Å²) >= 11 is 0. The van der Waals surface area contributed by atoms with Crippen LogP contribution >= 0.6 is 0 Å². The number of hydrogen-bond donors (Lipinski definition) is 5. The lowest BCUT2D eigenvalue weighted by Gasteiger charge is -2.32. The van der Waals surface area contributed by atoms with E-state index in [4.69, 9.17) is 0 Å². The smallest absolute Gasteiger partial charge is 0.243 e. The van der Waals surface area contributed by atoms with Crippen molar-refractivity contribution in [3.8, 4) is 0 Å². The molecule has 0 spiro atoms. The van der Waals surface area contributed by atoms with Gasteiger partial charge in [-0.05, 0) is 60.1 Å². The maximum Gasteiger partial charge on any atom is 0.243 e. The van der Waals surface area contributed by atoms with Crippen LogP contribution in [0.25, 0.3) is 0 Å². The lowest BCUT2D eigenvalue weighted by atomic mass is 9.83. The van der Waals surface area contributed by atoms with Crippen LogP contribution in [0.15, 0.2) is 59.5 Å². The van der Waals surface area contributed by atoms with Gasteiger partial charge in [-0.1, -0.05) is 108 Å². The Morgan fingerprint density at radius 3 is 2.13 bits per heavy atom. The summed E-state index contributed by atoms with van der Waals surface area (Å²) in [6.45, 7) is 8.37. The van der Waals surface area contributed by atoms with Crippen LogP contribution in [0, 0.1) is 17.8 Å². The van der Waals surface area contributed by atoms with E-state index in [9.17, 15) is 32.7 Å². The molecule has 53 heavy (non-hydrogen) atoms. The first-order chi connectivity index (χ1) is 25.2. The van der Waals surface area contributed by atoms with Crippen LogP contribution in [-0.4, -0.2) is 73.7 Å². The molecule has 0 aromatic heterocycles. The second-order valence-corrected chi connectivity index (χ2v) is 17.9. The molecule has 1 aliphatic heterocycles. The molecular weight excluding hydrogens is 693 g/mol. The molecule has 0 radical (unpaired) electrons. The van der Waals surface area contributed by atoms with E-state index in [1.54, 1.807) is 24.3 Å². The zero-order chi connectivity index (χ0) is 38.5. The van der Waals surface area contributed by atoms with Crippen molar-refractivity contribution in [1.82, 2.24) is 21.3 Å². The molecule has 1 unspecified atom stereocenters. The van der Waals surface area contributed by atoms with Crippen LogP contribution in [0.3, 0.4) is 0 Å². The number of rotatable bonds is 19. The Bertz CT molecular complexity index is 1630. The Morgan fingerprint density at radius 2 is 1.45 bits per heavy atom. The summed E-state index contributed by atoms with van der Waals surface area (Å²) in [5, 5.41) is 22.9. The van der Waals surface area contributed by atoms with Gasteiger partial charge < -0.3 is 26.4 Å². The SMILES string of the molecule is CC(C)CNC(=O)C[C@H](O)[C@H](CC1CCCCC1)NC(=O)[C@H](CC(C)C)NC(=O)[C@H](Cc1ccccc1)NC(=O)CCC1CS(=O)(=O)c2ccccc21. The highest BCUT2D eigenvalue weighted by molar-refractivity contribution is 7.91. The number of aliphatic hydroxyl groups excluding tert-OH is 1. The second-order valence-electron chi connectivity index (χ2n) is 15.9. The van der Waals surface area contributed by atoms with Crippen molar-refractivity contribution in [1.29, 1.82) is 0 Å². The molecule has 5 atom stereocenters. The summed E-state index contributed by atoms with van der Waals surface area (Å²) in [4.78, 5) is 54.4. The fourth-order valence-corrected chi connectivity index (χ4v) is 9.43. The maximum atomic E-state index is 14.0. The molecule has 0 saturated heterocycles. The number of carbonyl (C=O) groups excluding carboxylic acids is 4. The monoisotopic (exact) mass is 752 g/mol. The van der Waals surface area contributed by atoms with Gasteiger partial charge in [0.15, 0.2) is 9.84 Å². The molecular formula is C41H60N4O7S. The van der Waals surface area contributed by atoms with Crippen molar-refractivity contribution in [2.45, 2.75) is 133 Å². The van der Waals surface area contributed by atoms with Crippen molar-refractivity contribution < 1.29 is 32.7 Å². The molecule has 1 heterocycles. The normalized spacial score (nSPS) is 19.1. The molecule has 1 aliphatic carbocycles. The van der Waals surface area contributed by atoms with Crippen LogP contribution in [-0.2, 0) is 35.4 Å². The van der Waals surface area contributed by atoms with E-state index < -0.39 is 45.9 Å². The van der Waals surface area contributed by atoms with E-state index in [-0.39, 0.29) is 54.6 Å². The third kappa shape index (κ3) is 13.2. The summed E-state index contributed by atoms with van der Waals surface area (Å²) in [5.74, 6) is -1.41. The van der Waals surface area contributed by atoms with Gasteiger partial charge in [0.05, 0.1) is 29.2 Å². The molecule has 1 saturated carbocycles. The summed E-state index contributed by atoms with van der Waals surface area (Å²) in [6, 6.07) is 13.5. The number of nitrogens with one attached hydrogen (secondary N) is 4. The topological polar surface area (TPSA) is 171 Å². The van der Waals surface area contributed by atoms with E-state index in [0.717, 1.165) is 37.7 Å². The van der Waals surface area contributed by atoms with Gasteiger partial charge in [-0.2, -0.15) is 0 Å². The summed E-state index contributed by atoms with van der Waals surface area (Å²) in [7, 11) is -3.42. The van der Waals surface area contributed by atoms with Gasteiger partial charge in [-0.3, -0.25) is 19.2 Å². The molecule has 2 aromatic carbocycles. The van der Waals surface area contributed by atoms with Gasteiger partial charge in [-0.25, -0.2) is 8.42 Å². The summed E-state index contributed by atoms with van der Waals surface area (Å²) in [6.07, 6.45) is 5.44. The van der Waals surface area contributed by atoms with Crippen molar-refractivity contribution in [2.75, 3.05) is 12.3 Å². The Labute approximate surface area is 315 Å². The van der Waals surface area contributed by atoms with E-state index in [2.05, 4.69) is 21.3 Å².